The Balaban J connectivity index is 2.78. The molecule has 0 unspecified atom stereocenters. The third kappa shape index (κ3) is 1.65. The van der Waals surface area contributed by atoms with Gasteiger partial charge in [-0.1, -0.05) is 6.07 Å². The van der Waals surface area contributed by atoms with Crippen LogP contribution in [-0.2, 0) is 6.42 Å². The lowest BCUT2D eigenvalue weighted by molar-refractivity contribution is 1.15. The summed E-state index contributed by atoms with van der Waals surface area (Å²) in [5, 5.41) is 6.84. The molecule has 0 bridgehead atoms. The highest BCUT2D eigenvalue weighted by Gasteiger charge is 1.88. The number of hydrogen-bond acceptors (Lipinski definition) is 2. The maximum atomic E-state index is 6.84. The van der Waals surface area contributed by atoms with Crippen LogP contribution in [0.4, 0.5) is 0 Å². The third-order valence-corrected chi connectivity index (χ3v) is 1.31. The molecule has 0 aromatic carbocycles. The molecular formula is C8H10N2. The van der Waals surface area contributed by atoms with Crippen molar-refractivity contribution in [3.8, 4) is 0 Å². The first kappa shape index (κ1) is 6.93. The van der Waals surface area contributed by atoms with Crippen LogP contribution in [-0.4, -0.2) is 11.2 Å². The second-order valence-corrected chi connectivity index (χ2v) is 2.22. The summed E-state index contributed by atoms with van der Waals surface area (Å²) >= 11 is 0. The van der Waals surface area contributed by atoms with Crippen molar-refractivity contribution in [2.45, 2.75) is 13.3 Å². The van der Waals surface area contributed by atoms with E-state index < -0.39 is 0 Å². The van der Waals surface area contributed by atoms with E-state index in [2.05, 4.69) is 4.98 Å². The quantitative estimate of drug-likeness (QED) is 0.612. The van der Waals surface area contributed by atoms with Crippen molar-refractivity contribution >= 4 is 6.21 Å². The fraction of sp³-hybridized carbons (Fsp3) is 0.250. The Morgan fingerprint density at radius 2 is 2.40 bits per heavy atom. The molecular weight excluding hydrogens is 124 g/mol. The molecule has 10 heavy (non-hydrogen) atoms. The minimum atomic E-state index is 0.688. The molecule has 2 heteroatoms. The molecule has 1 aromatic heterocycles. The van der Waals surface area contributed by atoms with Gasteiger partial charge in [0.15, 0.2) is 0 Å². The second kappa shape index (κ2) is 3.11. The zero-order valence-corrected chi connectivity index (χ0v) is 5.96. The Bertz CT molecular complexity index is 213. The lowest BCUT2D eigenvalue weighted by atomic mass is 10.2. The number of pyridine rings is 1. The first-order valence-corrected chi connectivity index (χ1v) is 3.23. The first-order valence-electron chi connectivity index (χ1n) is 3.23. The molecule has 1 heterocycles. The zero-order valence-electron chi connectivity index (χ0n) is 5.96. The van der Waals surface area contributed by atoms with Crippen LogP contribution in [0.5, 0.6) is 0 Å². The lowest BCUT2D eigenvalue weighted by Crippen LogP contribution is -1.87. The van der Waals surface area contributed by atoms with Crippen LogP contribution in [0.2, 0.25) is 0 Å². The van der Waals surface area contributed by atoms with Gasteiger partial charge in [0, 0.05) is 18.3 Å². The molecule has 0 saturated heterocycles. The number of nitrogens with zero attached hydrogens (tertiary/aromatic N) is 1. The molecule has 1 aromatic rings. The first-order chi connectivity index (χ1) is 4.83. The predicted molar refractivity (Wildman–Crippen MR) is 41.5 cm³/mol. The van der Waals surface area contributed by atoms with Crippen LogP contribution >= 0.6 is 0 Å². The Hall–Kier alpha value is -1.18. The molecule has 0 aliphatic heterocycles. The second-order valence-electron chi connectivity index (χ2n) is 2.22. The molecule has 0 radical (unpaired) electrons. The Morgan fingerprint density at radius 3 is 2.90 bits per heavy atom. The summed E-state index contributed by atoms with van der Waals surface area (Å²) < 4.78 is 0. The normalized spacial score (nSPS) is 9.30. The van der Waals surface area contributed by atoms with Crippen molar-refractivity contribution in [2.75, 3.05) is 0 Å². The smallest absolute Gasteiger partial charge is 0.0372 e. The van der Waals surface area contributed by atoms with Crippen molar-refractivity contribution in [3.63, 3.8) is 0 Å². The van der Waals surface area contributed by atoms with E-state index in [0.29, 0.717) is 6.42 Å². The van der Waals surface area contributed by atoms with Gasteiger partial charge in [-0.3, -0.25) is 4.98 Å². The van der Waals surface area contributed by atoms with Crippen LogP contribution in [0.25, 0.3) is 0 Å². The van der Waals surface area contributed by atoms with E-state index in [1.54, 1.807) is 6.20 Å². The molecule has 0 fully saturated rings. The maximum Gasteiger partial charge on any atom is 0.0372 e. The predicted octanol–water partition coefficient (Wildman–Crippen LogP) is 1.58. The van der Waals surface area contributed by atoms with Gasteiger partial charge in [0.05, 0.1) is 0 Å². The van der Waals surface area contributed by atoms with Gasteiger partial charge in [-0.2, -0.15) is 0 Å². The lowest BCUT2D eigenvalue weighted by Gasteiger charge is -1.94. The van der Waals surface area contributed by atoms with Gasteiger partial charge in [-0.25, -0.2) is 0 Å². The van der Waals surface area contributed by atoms with Gasteiger partial charge in [-0.05, 0) is 24.8 Å². The van der Waals surface area contributed by atoms with Crippen LogP contribution in [0.15, 0.2) is 18.3 Å². The van der Waals surface area contributed by atoms with Crippen molar-refractivity contribution in [2.24, 2.45) is 0 Å². The number of hydrogen-bond donors (Lipinski definition) is 1. The molecule has 0 saturated carbocycles. The van der Waals surface area contributed by atoms with Gasteiger partial charge < -0.3 is 5.41 Å². The van der Waals surface area contributed by atoms with Crippen LogP contribution < -0.4 is 0 Å². The highest BCUT2D eigenvalue weighted by atomic mass is 14.7. The van der Waals surface area contributed by atoms with Gasteiger partial charge >= 0.3 is 0 Å². The third-order valence-electron chi connectivity index (χ3n) is 1.31. The number of rotatable bonds is 2. The van der Waals surface area contributed by atoms with Crippen LogP contribution in [0.1, 0.15) is 11.3 Å². The van der Waals surface area contributed by atoms with E-state index in [0.717, 1.165) is 11.3 Å². The summed E-state index contributed by atoms with van der Waals surface area (Å²) in [5.41, 5.74) is 2.12. The summed E-state index contributed by atoms with van der Waals surface area (Å²) in [6.45, 7) is 1.95. The van der Waals surface area contributed by atoms with Gasteiger partial charge in [-0.15, -0.1) is 0 Å². The standard InChI is InChI=1S/C8H10N2/c1-7-2-3-8(4-5-9)6-10-7/h2-3,5-6,9H,4H2,1H3. The maximum absolute atomic E-state index is 6.84. The number of aryl methyl sites for hydroxylation is 1. The Morgan fingerprint density at radius 1 is 1.60 bits per heavy atom. The summed E-state index contributed by atoms with van der Waals surface area (Å²) in [5.74, 6) is 0. The summed E-state index contributed by atoms with van der Waals surface area (Å²) in [6.07, 6.45) is 3.88. The average Bonchev–Trinajstić information content (AvgIpc) is 1.95. The SMILES string of the molecule is Cc1ccc(CC=N)cn1. The minimum absolute atomic E-state index is 0.688. The molecule has 2 nitrogen and oxygen atoms in total. The van der Waals surface area contributed by atoms with Crippen molar-refractivity contribution in [1.82, 2.24) is 4.98 Å². The average molecular weight is 134 g/mol. The summed E-state index contributed by atoms with van der Waals surface area (Å²) in [7, 11) is 0. The van der Waals surface area contributed by atoms with E-state index in [1.807, 2.05) is 19.1 Å². The van der Waals surface area contributed by atoms with Crippen LogP contribution in [0.3, 0.4) is 0 Å². The van der Waals surface area contributed by atoms with E-state index >= 15 is 0 Å². The monoisotopic (exact) mass is 134 g/mol. The topological polar surface area (TPSA) is 36.7 Å². The summed E-state index contributed by atoms with van der Waals surface area (Å²) in [6, 6.07) is 3.95. The molecule has 0 aliphatic carbocycles. The fourth-order valence-electron chi connectivity index (χ4n) is 0.737. The van der Waals surface area contributed by atoms with E-state index in [9.17, 15) is 0 Å². The molecule has 0 aliphatic rings. The molecule has 1 N–H and O–H groups in total. The fourth-order valence-corrected chi connectivity index (χ4v) is 0.737. The number of aromatic nitrogens is 1. The van der Waals surface area contributed by atoms with Crippen LogP contribution in [0, 0.1) is 12.3 Å². The molecule has 0 atom stereocenters. The molecule has 0 spiro atoms. The van der Waals surface area contributed by atoms with Gasteiger partial charge in [0.25, 0.3) is 0 Å². The highest BCUT2D eigenvalue weighted by molar-refractivity contribution is 5.57. The Labute approximate surface area is 60.4 Å². The minimum Gasteiger partial charge on any atom is -0.313 e. The van der Waals surface area contributed by atoms with Gasteiger partial charge in [0.1, 0.15) is 0 Å². The van der Waals surface area contributed by atoms with Crippen molar-refractivity contribution in [1.29, 1.82) is 5.41 Å². The Kier molecular flexibility index (Phi) is 2.15. The van der Waals surface area contributed by atoms with E-state index in [1.165, 1.54) is 6.21 Å². The molecule has 0 amide bonds. The number of nitrogens with one attached hydrogen (secondary N) is 1. The largest absolute Gasteiger partial charge is 0.313 e. The van der Waals surface area contributed by atoms with E-state index in [4.69, 9.17) is 5.41 Å². The van der Waals surface area contributed by atoms with Crippen molar-refractivity contribution in [3.05, 3.63) is 29.6 Å². The van der Waals surface area contributed by atoms with E-state index in [-0.39, 0.29) is 0 Å². The highest BCUT2D eigenvalue weighted by Crippen LogP contribution is 1.97. The molecule has 52 valence electrons. The zero-order chi connectivity index (χ0) is 7.40. The van der Waals surface area contributed by atoms with Crippen molar-refractivity contribution < 1.29 is 0 Å². The summed E-state index contributed by atoms with van der Waals surface area (Å²) in [4.78, 5) is 4.09. The van der Waals surface area contributed by atoms with Gasteiger partial charge in [0.2, 0.25) is 0 Å². The molecule has 1 rings (SSSR count).